The van der Waals surface area contributed by atoms with E-state index in [1.165, 1.54) is 12.8 Å². The average Bonchev–Trinajstić information content (AvgIpc) is 2.54. The van der Waals surface area contributed by atoms with Crippen LogP contribution in [0.2, 0.25) is 0 Å². The third-order valence-corrected chi connectivity index (χ3v) is 4.68. The number of carbonyl (C=O) groups excluding carboxylic acids is 2. The molecular weight excluding hydrogens is 304 g/mol. The summed E-state index contributed by atoms with van der Waals surface area (Å²) in [5, 5.41) is 0. The SMILES string of the molecule is CCCCCC(=O)OC1CCCCCCC1OC(=O)CCCCC. The largest absolute Gasteiger partial charge is 0.458 e. The van der Waals surface area contributed by atoms with Crippen LogP contribution in [0.1, 0.15) is 104 Å². The van der Waals surface area contributed by atoms with Crippen LogP contribution >= 0.6 is 0 Å². The van der Waals surface area contributed by atoms with Gasteiger partial charge in [0.25, 0.3) is 0 Å². The molecule has 1 saturated carbocycles. The smallest absolute Gasteiger partial charge is 0.306 e. The van der Waals surface area contributed by atoms with Gasteiger partial charge in [0.05, 0.1) is 0 Å². The molecule has 4 heteroatoms. The fourth-order valence-corrected chi connectivity index (χ4v) is 3.18. The molecule has 4 nitrogen and oxygen atoms in total. The van der Waals surface area contributed by atoms with Gasteiger partial charge in [0.2, 0.25) is 0 Å². The van der Waals surface area contributed by atoms with Gasteiger partial charge in [-0.05, 0) is 38.5 Å². The van der Waals surface area contributed by atoms with Gasteiger partial charge in [-0.3, -0.25) is 9.59 Å². The third kappa shape index (κ3) is 9.29. The first-order chi connectivity index (χ1) is 11.7. The highest BCUT2D eigenvalue weighted by atomic mass is 16.6. The van der Waals surface area contributed by atoms with Crippen LogP contribution in [0.25, 0.3) is 0 Å². The minimum Gasteiger partial charge on any atom is -0.458 e. The summed E-state index contributed by atoms with van der Waals surface area (Å²) in [4.78, 5) is 24.1. The first-order valence-electron chi connectivity index (χ1n) is 10.1. The molecule has 1 aliphatic carbocycles. The van der Waals surface area contributed by atoms with Crippen LogP contribution < -0.4 is 0 Å². The average molecular weight is 341 g/mol. The summed E-state index contributed by atoms with van der Waals surface area (Å²) in [5.41, 5.74) is 0. The summed E-state index contributed by atoms with van der Waals surface area (Å²) in [6.45, 7) is 4.24. The van der Waals surface area contributed by atoms with Crippen molar-refractivity contribution in [2.75, 3.05) is 0 Å². The molecule has 0 aliphatic heterocycles. The number of rotatable bonds is 10. The molecule has 1 rings (SSSR count). The van der Waals surface area contributed by atoms with Gasteiger partial charge in [0.15, 0.2) is 0 Å². The maximum Gasteiger partial charge on any atom is 0.306 e. The minimum atomic E-state index is -0.255. The van der Waals surface area contributed by atoms with E-state index in [1.807, 2.05) is 0 Å². The standard InChI is InChI=1S/C20H36O4/c1-3-5-9-15-19(21)23-17-13-11-7-8-12-14-18(17)24-20(22)16-10-6-4-2/h17-18H,3-16H2,1-2H3. The van der Waals surface area contributed by atoms with Gasteiger partial charge in [0, 0.05) is 12.8 Å². The minimum absolute atomic E-state index is 0.138. The highest BCUT2D eigenvalue weighted by molar-refractivity contribution is 5.70. The molecule has 2 unspecified atom stereocenters. The summed E-state index contributed by atoms with van der Waals surface area (Å²) in [7, 11) is 0. The van der Waals surface area contributed by atoms with Crippen molar-refractivity contribution in [3.63, 3.8) is 0 Å². The molecule has 1 fully saturated rings. The zero-order valence-electron chi connectivity index (χ0n) is 15.7. The van der Waals surface area contributed by atoms with E-state index >= 15 is 0 Å². The molecule has 0 aromatic rings. The van der Waals surface area contributed by atoms with Crippen LogP contribution in [0.15, 0.2) is 0 Å². The molecule has 0 N–H and O–H groups in total. The Morgan fingerprint density at radius 1 is 0.708 bits per heavy atom. The Balaban J connectivity index is 2.50. The van der Waals surface area contributed by atoms with Crippen LogP contribution in [0.4, 0.5) is 0 Å². The number of ether oxygens (including phenoxy) is 2. The zero-order chi connectivity index (χ0) is 17.6. The maximum absolute atomic E-state index is 12.1. The predicted octanol–water partition coefficient (Wildman–Crippen LogP) is 5.32. The van der Waals surface area contributed by atoms with E-state index in [4.69, 9.17) is 9.47 Å². The summed E-state index contributed by atoms with van der Waals surface area (Å²) in [5.74, 6) is -0.276. The highest BCUT2D eigenvalue weighted by Gasteiger charge is 2.29. The lowest BCUT2D eigenvalue weighted by Crippen LogP contribution is -2.36. The summed E-state index contributed by atoms with van der Waals surface area (Å²) in [6.07, 6.45) is 12.5. The first-order valence-corrected chi connectivity index (χ1v) is 10.1. The fourth-order valence-electron chi connectivity index (χ4n) is 3.18. The third-order valence-electron chi connectivity index (χ3n) is 4.68. The maximum atomic E-state index is 12.1. The van der Waals surface area contributed by atoms with E-state index in [2.05, 4.69) is 13.8 Å². The fraction of sp³-hybridized carbons (Fsp3) is 0.900. The van der Waals surface area contributed by atoms with Crippen LogP contribution in [0.5, 0.6) is 0 Å². The second-order valence-corrected chi connectivity index (χ2v) is 6.96. The monoisotopic (exact) mass is 340 g/mol. The van der Waals surface area contributed by atoms with Crippen LogP contribution in [0.3, 0.4) is 0 Å². The van der Waals surface area contributed by atoms with Crippen molar-refractivity contribution in [2.45, 2.75) is 116 Å². The second kappa shape index (κ2) is 13.3. The number of esters is 2. The Bertz CT molecular complexity index is 320. The molecule has 0 aromatic carbocycles. The van der Waals surface area contributed by atoms with E-state index in [0.29, 0.717) is 12.8 Å². The van der Waals surface area contributed by atoms with E-state index in [-0.39, 0.29) is 24.1 Å². The van der Waals surface area contributed by atoms with Gasteiger partial charge in [-0.1, -0.05) is 52.4 Å². The normalized spacial score (nSPS) is 21.6. The van der Waals surface area contributed by atoms with Crippen LogP contribution in [-0.2, 0) is 19.1 Å². The molecule has 0 spiro atoms. The quantitative estimate of drug-likeness (QED) is 0.399. The van der Waals surface area contributed by atoms with Crippen molar-refractivity contribution in [3.8, 4) is 0 Å². The van der Waals surface area contributed by atoms with Crippen molar-refractivity contribution < 1.29 is 19.1 Å². The van der Waals surface area contributed by atoms with Gasteiger partial charge < -0.3 is 9.47 Å². The van der Waals surface area contributed by atoms with Gasteiger partial charge >= 0.3 is 11.9 Å². The predicted molar refractivity (Wildman–Crippen MR) is 95.7 cm³/mol. The van der Waals surface area contributed by atoms with Crippen LogP contribution in [-0.4, -0.2) is 24.1 Å². The molecule has 0 radical (unpaired) electrons. The summed E-state index contributed by atoms with van der Waals surface area (Å²) >= 11 is 0. The molecule has 0 saturated heterocycles. The lowest BCUT2D eigenvalue weighted by atomic mass is 9.96. The molecule has 2 atom stereocenters. The second-order valence-electron chi connectivity index (χ2n) is 6.96. The Kier molecular flexibility index (Phi) is 11.6. The van der Waals surface area contributed by atoms with Crippen molar-refractivity contribution in [1.82, 2.24) is 0 Å². The van der Waals surface area contributed by atoms with Gasteiger partial charge in [-0.2, -0.15) is 0 Å². The molecule has 140 valence electrons. The Labute approximate surface area is 147 Å². The number of unbranched alkanes of at least 4 members (excludes halogenated alkanes) is 4. The molecular formula is C20H36O4. The first kappa shape index (κ1) is 21.0. The Morgan fingerprint density at radius 2 is 1.12 bits per heavy atom. The van der Waals surface area contributed by atoms with Crippen molar-refractivity contribution in [1.29, 1.82) is 0 Å². The molecule has 0 bridgehead atoms. The van der Waals surface area contributed by atoms with E-state index in [9.17, 15) is 9.59 Å². The number of hydrogen-bond acceptors (Lipinski definition) is 4. The van der Waals surface area contributed by atoms with E-state index in [1.54, 1.807) is 0 Å². The lowest BCUT2D eigenvalue weighted by Gasteiger charge is -2.29. The Hall–Kier alpha value is -1.06. The summed E-state index contributed by atoms with van der Waals surface area (Å²) in [6, 6.07) is 0. The van der Waals surface area contributed by atoms with Gasteiger partial charge in [-0.25, -0.2) is 0 Å². The topological polar surface area (TPSA) is 52.6 Å². The van der Waals surface area contributed by atoms with Gasteiger partial charge in [-0.15, -0.1) is 0 Å². The molecule has 0 heterocycles. The lowest BCUT2D eigenvalue weighted by molar-refractivity contribution is -0.170. The molecule has 24 heavy (non-hydrogen) atoms. The Morgan fingerprint density at radius 3 is 1.50 bits per heavy atom. The van der Waals surface area contributed by atoms with Gasteiger partial charge in [0.1, 0.15) is 12.2 Å². The zero-order valence-corrected chi connectivity index (χ0v) is 15.7. The van der Waals surface area contributed by atoms with Crippen molar-refractivity contribution >= 4 is 11.9 Å². The van der Waals surface area contributed by atoms with Crippen molar-refractivity contribution in [3.05, 3.63) is 0 Å². The van der Waals surface area contributed by atoms with Crippen LogP contribution in [0, 0.1) is 0 Å². The molecule has 1 aliphatic rings. The molecule has 0 amide bonds. The molecule has 0 aromatic heterocycles. The van der Waals surface area contributed by atoms with E-state index < -0.39 is 0 Å². The number of carbonyl (C=O) groups is 2. The highest BCUT2D eigenvalue weighted by Crippen LogP contribution is 2.24. The summed E-state index contributed by atoms with van der Waals surface area (Å²) < 4.78 is 11.4. The van der Waals surface area contributed by atoms with E-state index in [0.717, 1.165) is 64.2 Å². The van der Waals surface area contributed by atoms with Crippen molar-refractivity contribution in [2.24, 2.45) is 0 Å². The number of hydrogen-bond donors (Lipinski definition) is 0.